The van der Waals surface area contributed by atoms with Gasteiger partial charge in [-0.15, -0.1) is 0 Å². The summed E-state index contributed by atoms with van der Waals surface area (Å²) in [6, 6.07) is 26.5. The molecule has 0 spiro atoms. The van der Waals surface area contributed by atoms with Crippen molar-refractivity contribution in [2.45, 2.75) is 0 Å². The van der Waals surface area contributed by atoms with E-state index in [4.69, 9.17) is 5.10 Å². The van der Waals surface area contributed by atoms with Crippen LogP contribution in [0.4, 0.5) is 11.4 Å². The van der Waals surface area contributed by atoms with Crippen LogP contribution in [-0.4, -0.2) is 9.97 Å². The van der Waals surface area contributed by atoms with E-state index in [1.165, 1.54) is 23.9 Å². The van der Waals surface area contributed by atoms with Crippen LogP contribution in [0.25, 0.3) is 5.70 Å². The highest BCUT2D eigenvalue weighted by Gasteiger charge is 2.20. The Morgan fingerprint density at radius 1 is 0.815 bits per heavy atom. The summed E-state index contributed by atoms with van der Waals surface area (Å²) in [5, 5.41) is 20.5. The Balaban J connectivity index is 1.74. The van der Waals surface area contributed by atoms with E-state index in [-0.39, 0.29) is 5.69 Å². The van der Waals surface area contributed by atoms with Crippen LogP contribution in [0.2, 0.25) is 0 Å². The van der Waals surface area contributed by atoms with Crippen LogP contribution in [0.1, 0.15) is 11.1 Å². The summed E-state index contributed by atoms with van der Waals surface area (Å²) in [7, 11) is 0. The maximum atomic E-state index is 10.9. The number of nitrogens with zero attached hydrogens (tertiary/aromatic N) is 3. The van der Waals surface area contributed by atoms with Gasteiger partial charge in [0.1, 0.15) is 5.04 Å². The predicted octanol–water partition coefficient (Wildman–Crippen LogP) is 5.51. The van der Waals surface area contributed by atoms with Gasteiger partial charge in [0.25, 0.3) is 5.69 Å². The smallest absolute Gasteiger partial charge is 0.258 e. The lowest BCUT2D eigenvalue weighted by Gasteiger charge is -2.27. The molecule has 1 aliphatic rings. The van der Waals surface area contributed by atoms with Crippen molar-refractivity contribution in [3.05, 3.63) is 112 Å². The highest BCUT2D eigenvalue weighted by Crippen LogP contribution is 2.34. The summed E-state index contributed by atoms with van der Waals surface area (Å²) in [6.07, 6.45) is 0. The Morgan fingerprint density at radius 3 is 2.07 bits per heavy atom. The minimum absolute atomic E-state index is 0.0700. The molecule has 0 unspecified atom stereocenters. The van der Waals surface area contributed by atoms with Crippen molar-refractivity contribution in [3.63, 3.8) is 0 Å². The van der Waals surface area contributed by atoms with Gasteiger partial charge in [-0.1, -0.05) is 60.3 Å². The lowest BCUT2D eigenvalue weighted by Crippen LogP contribution is -2.20. The normalized spacial score (nSPS) is 13.7. The molecule has 5 nitrogen and oxygen atoms in total. The maximum absolute atomic E-state index is 10.9. The molecule has 3 aromatic rings. The monoisotopic (exact) mass is 373 g/mol. The molecule has 0 atom stereocenters. The SMILES string of the molecule is O=[N+]([O-])c1ccc(C2=NN(c3ccccc3)C(c3ccccc3)=CS2)cc1. The summed E-state index contributed by atoms with van der Waals surface area (Å²) in [5.41, 5.74) is 3.92. The Kier molecular flexibility index (Phi) is 4.72. The summed E-state index contributed by atoms with van der Waals surface area (Å²) in [6.45, 7) is 0. The average Bonchev–Trinajstić information content (AvgIpc) is 2.74. The van der Waals surface area contributed by atoms with Gasteiger partial charge < -0.3 is 0 Å². The molecule has 6 heteroatoms. The number of hydrogen-bond acceptors (Lipinski definition) is 5. The fraction of sp³-hybridized carbons (Fsp3) is 0. The molecule has 0 radical (unpaired) electrons. The Hall–Kier alpha value is -3.38. The van der Waals surface area contributed by atoms with Crippen LogP contribution >= 0.6 is 11.8 Å². The summed E-state index contributed by atoms with van der Waals surface area (Å²) in [5.74, 6) is 0. The first kappa shape index (κ1) is 17.1. The van der Waals surface area contributed by atoms with Gasteiger partial charge in [0, 0.05) is 28.7 Å². The Bertz CT molecular complexity index is 1020. The number of nitro groups is 1. The van der Waals surface area contributed by atoms with Gasteiger partial charge in [-0.2, -0.15) is 5.10 Å². The minimum atomic E-state index is -0.400. The number of anilines is 1. The molecule has 132 valence electrons. The van der Waals surface area contributed by atoms with Gasteiger partial charge in [-0.3, -0.25) is 10.1 Å². The molecule has 27 heavy (non-hydrogen) atoms. The van der Waals surface area contributed by atoms with E-state index in [1.54, 1.807) is 12.1 Å². The van der Waals surface area contributed by atoms with Crippen molar-refractivity contribution < 1.29 is 4.92 Å². The zero-order valence-corrected chi connectivity index (χ0v) is 15.0. The first-order valence-corrected chi connectivity index (χ1v) is 9.21. The molecule has 0 amide bonds. The first-order chi connectivity index (χ1) is 13.2. The van der Waals surface area contributed by atoms with E-state index < -0.39 is 4.92 Å². The van der Waals surface area contributed by atoms with Crippen LogP contribution < -0.4 is 5.01 Å². The highest BCUT2D eigenvalue weighted by molar-refractivity contribution is 8.17. The third-order valence-electron chi connectivity index (χ3n) is 4.10. The van der Waals surface area contributed by atoms with Gasteiger partial charge >= 0.3 is 0 Å². The van der Waals surface area contributed by atoms with E-state index in [0.29, 0.717) is 0 Å². The van der Waals surface area contributed by atoms with E-state index in [9.17, 15) is 10.1 Å². The van der Waals surface area contributed by atoms with Crippen LogP contribution in [0.15, 0.2) is 95.4 Å². The Morgan fingerprint density at radius 2 is 1.44 bits per heavy atom. The van der Waals surface area contributed by atoms with Crippen molar-refractivity contribution in [1.82, 2.24) is 0 Å². The van der Waals surface area contributed by atoms with E-state index in [0.717, 1.165) is 27.6 Å². The molecule has 0 saturated carbocycles. The fourth-order valence-corrected chi connectivity index (χ4v) is 3.61. The number of hydrogen-bond donors (Lipinski definition) is 0. The molecule has 1 heterocycles. The van der Waals surface area contributed by atoms with Crippen molar-refractivity contribution in [2.24, 2.45) is 5.10 Å². The quantitative estimate of drug-likeness (QED) is 0.447. The van der Waals surface area contributed by atoms with Gasteiger partial charge in [-0.25, -0.2) is 5.01 Å². The molecular formula is C21H15N3O2S. The molecule has 0 aliphatic carbocycles. The molecule has 0 N–H and O–H groups in total. The zero-order valence-electron chi connectivity index (χ0n) is 14.2. The number of hydrazone groups is 1. The van der Waals surface area contributed by atoms with E-state index in [2.05, 4.69) is 17.5 Å². The molecule has 1 aliphatic heterocycles. The molecule has 4 rings (SSSR count). The highest BCUT2D eigenvalue weighted by atomic mass is 32.2. The standard InChI is InChI=1S/C21H15N3O2S/c25-24(26)19-13-11-17(12-14-19)21-22-23(18-9-5-2-6-10-18)20(15-27-21)16-7-3-1-4-8-16/h1-15H. The molecule has 0 saturated heterocycles. The third kappa shape index (κ3) is 3.61. The van der Waals surface area contributed by atoms with Crippen molar-refractivity contribution in [1.29, 1.82) is 0 Å². The largest absolute Gasteiger partial charge is 0.269 e. The van der Waals surface area contributed by atoms with Crippen molar-refractivity contribution >= 4 is 33.9 Å². The lowest BCUT2D eigenvalue weighted by atomic mass is 10.1. The Labute approximate surface area is 160 Å². The lowest BCUT2D eigenvalue weighted by molar-refractivity contribution is -0.384. The van der Waals surface area contributed by atoms with Crippen LogP contribution in [0, 0.1) is 10.1 Å². The number of para-hydroxylation sites is 1. The predicted molar refractivity (Wildman–Crippen MR) is 111 cm³/mol. The van der Waals surface area contributed by atoms with Gasteiger partial charge in [-0.05, 0) is 24.3 Å². The topological polar surface area (TPSA) is 58.7 Å². The fourth-order valence-electron chi connectivity index (χ4n) is 2.75. The van der Waals surface area contributed by atoms with Crippen LogP contribution in [0.3, 0.4) is 0 Å². The second kappa shape index (κ2) is 7.47. The van der Waals surface area contributed by atoms with Gasteiger partial charge in [0.2, 0.25) is 0 Å². The second-order valence-electron chi connectivity index (χ2n) is 5.84. The summed E-state index contributed by atoms with van der Waals surface area (Å²) < 4.78 is 0. The third-order valence-corrected chi connectivity index (χ3v) is 4.98. The molecule has 0 fully saturated rings. The maximum Gasteiger partial charge on any atom is 0.269 e. The second-order valence-corrected chi connectivity index (χ2v) is 6.70. The van der Waals surface area contributed by atoms with E-state index >= 15 is 0 Å². The number of thioether (sulfide) groups is 1. The van der Waals surface area contributed by atoms with Crippen molar-refractivity contribution in [2.75, 3.05) is 5.01 Å². The number of non-ortho nitro benzene ring substituents is 1. The summed E-state index contributed by atoms with van der Waals surface area (Å²) in [4.78, 5) is 10.5. The number of rotatable bonds is 4. The number of nitro benzene ring substituents is 1. The van der Waals surface area contributed by atoms with Crippen LogP contribution in [0.5, 0.6) is 0 Å². The van der Waals surface area contributed by atoms with E-state index in [1.807, 2.05) is 53.5 Å². The first-order valence-electron chi connectivity index (χ1n) is 8.33. The van der Waals surface area contributed by atoms with Crippen molar-refractivity contribution in [3.8, 4) is 0 Å². The molecule has 3 aromatic carbocycles. The average molecular weight is 373 g/mol. The molecule has 0 bridgehead atoms. The summed E-state index contributed by atoms with van der Waals surface area (Å²) >= 11 is 1.51. The molecule has 0 aromatic heterocycles. The number of benzene rings is 3. The van der Waals surface area contributed by atoms with Gasteiger partial charge in [0.15, 0.2) is 0 Å². The van der Waals surface area contributed by atoms with Crippen LogP contribution in [-0.2, 0) is 0 Å². The zero-order chi connectivity index (χ0) is 18.6. The minimum Gasteiger partial charge on any atom is -0.258 e. The van der Waals surface area contributed by atoms with Gasteiger partial charge in [0.05, 0.1) is 16.3 Å². The molecular weight excluding hydrogens is 358 g/mol.